The maximum Gasteiger partial charge on any atom is 0.316 e. The van der Waals surface area contributed by atoms with Crippen LogP contribution in [-0.4, -0.2) is 25.5 Å². The molecule has 0 spiro atoms. The fourth-order valence-electron chi connectivity index (χ4n) is 2.14. The van der Waals surface area contributed by atoms with E-state index in [0.717, 1.165) is 17.7 Å². The minimum Gasteiger partial charge on any atom is -0.493 e. The Labute approximate surface area is 106 Å². The first-order valence-corrected chi connectivity index (χ1v) is 6.05. The average Bonchev–Trinajstić information content (AvgIpc) is 2.86. The highest BCUT2D eigenvalue weighted by Crippen LogP contribution is 2.27. The summed E-state index contributed by atoms with van der Waals surface area (Å²) in [7, 11) is 1.30. The van der Waals surface area contributed by atoms with Crippen LogP contribution in [0.15, 0.2) is 18.2 Å². The van der Waals surface area contributed by atoms with Gasteiger partial charge in [-0.15, -0.1) is 0 Å². The first kappa shape index (κ1) is 12.6. The molecule has 1 aromatic carbocycles. The van der Waals surface area contributed by atoms with Crippen LogP contribution in [0.1, 0.15) is 29.3 Å². The molecule has 0 aromatic heterocycles. The van der Waals surface area contributed by atoms with Crippen LogP contribution < -0.4 is 4.74 Å². The topological polar surface area (TPSA) is 52.6 Å². The third-order valence-electron chi connectivity index (χ3n) is 3.18. The molecule has 0 aliphatic carbocycles. The number of carbonyl (C=O) groups excluding carboxylic acids is 2. The van der Waals surface area contributed by atoms with Crippen LogP contribution in [0.3, 0.4) is 0 Å². The summed E-state index contributed by atoms with van der Waals surface area (Å²) < 4.78 is 10.0. The maximum atomic E-state index is 12.2. The van der Waals surface area contributed by atoms with Crippen molar-refractivity contribution in [1.29, 1.82) is 0 Å². The molecule has 1 unspecified atom stereocenters. The molecule has 0 amide bonds. The minimum atomic E-state index is -0.713. The van der Waals surface area contributed by atoms with Crippen molar-refractivity contribution in [3.8, 4) is 5.75 Å². The molecule has 0 saturated heterocycles. The number of methoxy groups -OCH3 is 1. The van der Waals surface area contributed by atoms with E-state index >= 15 is 0 Å². The first-order valence-electron chi connectivity index (χ1n) is 6.05. The Balaban J connectivity index is 2.25. The Kier molecular flexibility index (Phi) is 3.65. The molecule has 1 heterocycles. The van der Waals surface area contributed by atoms with Crippen molar-refractivity contribution in [2.24, 2.45) is 5.92 Å². The third kappa shape index (κ3) is 2.23. The van der Waals surface area contributed by atoms with E-state index in [4.69, 9.17) is 4.74 Å². The normalized spacial score (nSPS) is 14.6. The average molecular weight is 248 g/mol. The number of carbonyl (C=O) groups is 2. The molecule has 4 nitrogen and oxygen atoms in total. The van der Waals surface area contributed by atoms with Gasteiger partial charge in [0.1, 0.15) is 11.7 Å². The third-order valence-corrected chi connectivity index (χ3v) is 3.18. The monoisotopic (exact) mass is 248 g/mol. The van der Waals surface area contributed by atoms with Crippen LogP contribution in [-0.2, 0) is 16.0 Å². The van der Waals surface area contributed by atoms with Gasteiger partial charge in [0.05, 0.1) is 13.7 Å². The quantitative estimate of drug-likeness (QED) is 0.464. The van der Waals surface area contributed by atoms with Gasteiger partial charge in [0.25, 0.3) is 0 Å². The Bertz CT molecular complexity index is 479. The number of Topliss-reactive ketones (excluding diaryl/α,β-unsaturated/α-hetero) is 1. The van der Waals surface area contributed by atoms with E-state index in [1.807, 2.05) is 6.07 Å². The number of rotatable bonds is 4. The Morgan fingerprint density at radius 3 is 2.89 bits per heavy atom. The second kappa shape index (κ2) is 5.21. The molecule has 0 radical (unpaired) electrons. The Hall–Kier alpha value is -1.84. The van der Waals surface area contributed by atoms with Gasteiger partial charge in [0.2, 0.25) is 0 Å². The number of fused-ring (bicyclic) bond motifs is 1. The van der Waals surface area contributed by atoms with Gasteiger partial charge in [-0.2, -0.15) is 0 Å². The zero-order valence-corrected chi connectivity index (χ0v) is 10.6. The lowest BCUT2D eigenvalue weighted by Crippen LogP contribution is -2.24. The van der Waals surface area contributed by atoms with Crippen LogP contribution in [0, 0.1) is 5.92 Å². The molecule has 1 aromatic rings. The van der Waals surface area contributed by atoms with Crippen molar-refractivity contribution in [3.63, 3.8) is 0 Å². The lowest BCUT2D eigenvalue weighted by Gasteiger charge is -2.11. The second-order valence-corrected chi connectivity index (χ2v) is 4.27. The van der Waals surface area contributed by atoms with E-state index in [2.05, 4.69) is 4.74 Å². The molecule has 18 heavy (non-hydrogen) atoms. The molecule has 1 aliphatic rings. The van der Waals surface area contributed by atoms with Crippen LogP contribution in [0.2, 0.25) is 0 Å². The summed E-state index contributed by atoms with van der Waals surface area (Å²) in [5.74, 6) is -0.536. The summed E-state index contributed by atoms with van der Waals surface area (Å²) in [6, 6.07) is 5.31. The van der Waals surface area contributed by atoms with E-state index in [1.165, 1.54) is 7.11 Å². The predicted octanol–water partition coefficient (Wildman–Crippen LogP) is 2.00. The van der Waals surface area contributed by atoms with Crippen molar-refractivity contribution in [3.05, 3.63) is 29.3 Å². The van der Waals surface area contributed by atoms with Crippen LogP contribution in [0.5, 0.6) is 5.75 Å². The van der Waals surface area contributed by atoms with Gasteiger partial charge in [-0.05, 0) is 30.2 Å². The number of esters is 1. The first-order chi connectivity index (χ1) is 8.67. The second-order valence-electron chi connectivity index (χ2n) is 4.27. The largest absolute Gasteiger partial charge is 0.493 e. The number of hydrogen-bond acceptors (Lipinski definition) is 4. The fraction of sp³-hybridized carbons (Fsp3) is 0.429. The summed E-state index contributed by atoms with van der Waals surface area (Å²) in [4.78, 5) is 23.8. The molecule has 2 rings (SSSR count). The highest BCUT2D eigenvalue weighted by atomic mass is 16.5. The van der Waals surface area contributed by atoms with Gasteiger partial charge in [0, 0.05) is 12.0 Å². The van der Waals surface area contributed by atoms with E-state index in [1.54, 1.807) is 19.1 Å². The van der Waals surface area contributed by atoms with Crippen LogP contribution >= 0.6 is 0 Å². The van der Waals surface area contributed by atoms with Crippen LogP contribution in [0.25, 0.3) is 0 Å². The molecule has 1 aliphatic heterocycles. The number of hydrogen-bond donors (Lipinski definition) is 0. The van der Waals surface area contributed by atoms with Crippen molar-refractivity contribution in [2.75, 3.05) is 13.7 Å². The van der Waals surface area contributed by atoms with Crippen molar-refractivity contribution >= 4 is 11.8 Å². The lowest BCUT2D eigenvalue weighted by molar-refractivity contribution is -0.143. The number of ether oxygens (including phenoxy) is 2. The molecule has 0 bridgehead atoms. The molecule has 0 saturated carbocycles. The van der Waals surface area contributed by atoms with Gasteiger partial charge in [-0.1, -0.05) is 6.92 Å². The fourth-order valence-corrected chi connectivity index (χ4v) is 2.14. The summed E-state index contributed by atoms with van der Waals surface area (Å²) in [6.45, 7) is 2.46. The summed E-state index contributed by atoms with van der Waals surface area (Å²) in [5, 5.41) is 0. The highest BCUT2D eigenvalue weighted by molar-refractivity contribution is 6.08. The van der Waals surface area contributed by atoms with Crippen molar-refractivity contribution in [2.45, 2.75) is 19.8 Å². The number of ketones is 1. The molecular formula is C14H16O4. The lowest BCUT2D eigenvalue weighted by atomic mass is 9.94. The van der Waals surface area contributed by atoms with Crippen LogP contribution in [0.4, 0.5) is 0 Å². The molecule has 0 fully saturated rings. The Morgan fingerprint density at radius 2 is 2.22 bits per heavy atom. The SMILES string of the molecule is CCC(C(=O)OC)C(=O)c1ccc2c(c1)CCO2. The molecule has 0 N–H and O–H groups in total. The maximum absolute atomic E-state index is 12.2. The minimum absolute atomic E-state index is 0.181. The van der Waals surface area contributed by atoms with E-state index < -0.39 is 11.9 Å². The predicted molar refractivity (Wildman–Crippen MR) is 65.8 cm³/mol. The molecule has 1 atom stereocenters. The Morgan fingerprint density at radius 1 is 1.44 bits per heavy atom. The summed E-state index contributed by atoms with van der Waals surface area (Å²) >= 11 is 0. The van der Waals surface area contributed by atoms with Gasteiger partial charge >= 0.3 is 5.97 Å². The van der Waals surface area contributed by atoms with Gasteiger partial charge in [-0.3, -0.25) is 9.59 Å². The number of benzene rings is 1. The van der Waals surface area contributed by atoms with E-state index in [9.17, 15) is 9.59 Å². The highest BCUT2D eigenvalue weighted by Gasteiger charge is 2.27. The zero-order chi connectivity index (χ0) is 13.1. The zero-order valence-electron chi connectivity index (χ0n) is 10.6. The van der Waals surface area contributed by atoms with Gasteiger partial charge in [0.15, 0.2) is 5.78 Å². The molecular weight excluding hydrogens is 232 g/mol. The summed E-state index contributed by atoms with van der Waals surface area (Å²) in [5.41, 5.74) is 1.58. The van der Waals surface area contributed by atoms with Gasteiger partial charge < -0.3 is 9.47 Å². The van der Waals surface area contributed by atoms with Gasteiger partial charge in [-0.25, -0.2) is 0 Å². The smallest absolute Gasteiger partial charge is 0.316 e. The molecule has 96 valence electrons. The van der Waals surface area contributed by atoms with E-state index in [-0.39, 0.29) is 5.78 Å². The van der Waals surface area contributed by atoms with E-state index in [0.29, 0.717) is 18.6 Å². The molecule has 4 heteroatoms. The standard InChI is InChI=1S/C14H16O4/c1-3-11(14(16)17-2)13(15)10-4-5-12-9(8-10)6-7-18-12/h4-5,8,11H,3,6-7H2,1-2H3. The summed E-state index contributed by atoms with van der Waals surface area (Å²) in [6.07, 6.45) is 1.25. The van der Waals surface area contributed by atoms with Crippen molar-refractivity contribution in [1.82, 2.24) is 0 Å². The van der Waals surface area contributed by atoms with Crippen molar-refractivity contribution < 1.29 is 19.1 Å².